The van der Waals surface area contributed by atoms with Crippen molar-refractivity contribution in [3.63, 3.8) is 0 Å². The summed E-state index contributed by atoms with van der Waals surface area (Å²) in [5.41, 5.74) is 6.81. The van der Waals surface area contributed by atoms with Gasteiger partial charge in [-0.25, -0.2) is 4.79 Å². The molecule has 2 rings (SSSR count). The van der Waals surface area contributed by atoms with Gasteiger partial charge in [0.25, 0.3) is 0 Å². The van der Waals surface area contributed by atoms with Crippen molar-refractivity contribution in [2.45, 2.75) is 25.8 Å². The first-order valence-electron chi connectivity index (χ1n) is 6.77. The van der Waals surface area contributed by atoms with Crippen LogP contribution in [0.2, 0.25) is 0 Å². The molecule has 1 aromatic rings. The Morgan fingerprint density at radius 1 is 1.20 bits per heavy atom. The Balaban J connectivity index is 1.85. The summed E-state index contributed by atoms with van der Waals surface area (Å²) in [7, 11) is 0. The zero-order chi connectivity index (χ0) is 14.5. The van der Waals surface area contributed by atoms with Crippen LogP contribution in [-0.2, 0) is 4.79 Å². The Morgan fingerprint density at radius 3 is 2.25 bits per heavy atom. The van der Waals surface area contributed by atoms with Crippen LogP contribution in [-0.4, -0.2) is 24.5 Å². The Bertz CT molecular complexity index is 482. The van der Waals surface area contributed by atoms with Gasteiger partial charge in [-0.3, -0.25) is 4.79 Å². The molecule has 1 unspecified atom stereocenters. The maximum atomic E-state index is 11.7. The average Bonchev–Trinajstić information content (AvgIpc) is 3.23. The molecule has 108 valence electrons. The van der Waals surface area contributed by atoms with Gasteiger partial charge in [0.2, 0.25) is 5.91 Å². The Labute approximate surface area is 118 Å². The van der Waals surface area contributed by atoms with Crippen LogP contribution in [0.3, 0.4) is 0 Å². The van der Waals surface area contributed by atoms with Gasteiger partial charge in [-0.2, -0.15) is 0 Å². The van der Waals surface area contributed by atoms with Crippen LogP contribution in [0.5, 0.6) is 0 Å². The highest BCUT2D eigenvalue weighted by Gasteiger charge is 2.23. The van der Waals surface area contributed by atoms with E-state index in [0.29, 0.717) is 24.0 Å². The van der Waals surface area contributed by atoms with E-state index in [1.165, 1.54) is 0 Å². The number of hydrogen-bond donors (Lipinski definition) is 4. The Morgan fingerprint density at radius 2 is 1.75 bits per heavy atom. The van der Waals surface area contributed by atoms with Crippen molar-refractivity contribution < 1.29 is 9.59 Å². The van der Waals surface area contributed by atoms with E-state index < -0.39 is 0 Å². The molecule has 6 heteroatoms. The SMILES string of the molecule is CC(CN)C(=O)Nc1ccc(NC(=O)NC2CC2)cc1. The Hall–Kier alpha value is -2.08. The first kappa shape index (κ1) is 14.3. The molecule has 1 aromatic carbocycles. The second kappa shape index (κ2) is 6.38. The molecule has 0 radical (unpaired) electrons. The fourth-order valence-corrected chi connectivity index (χ4v) is 1.59. The molecule has 3 amide bonds. The topological polar surface area (TPSA) is 96.2 Å². The van der Waals surface area contributed by atoms with E-state index in [4.69, 9.17) is 5.73 Å². The molecule has 1 fully saturated rings. The van der Waals surface area contributed by atoms with Crippen LogP contribution in [0.1, 0.15) is 19.8 Å². The number of nitrogens with one attached hydrogen (secondary N) is 3. The predicted molar refractivity (Wildman–Crippen MR) is 78.5 cm³/mol. The zero-order valence-electron chi connectivity index (χ0n) is 11.5. The van der Waals surface area contributed by atoms with E-state index >= 15 is 0 Å². The number of urea groups is 1. The van der Waals surface area contributed by atoms with Crippen molar-refractivity contribution >= 4 is 23.3 Å². The molecule has 0 aromatic heterocycles. The molecule has 20 heavy (non-hydrogen) atoms. The van der Waals surface area contributed by atoms with E-state index in [0.717, 1.165) is 12.8 Å². The lowest BCUT2D eigenvalue weighted by molar-refractivity contribution is -0.119. The van der Waals surface area contributed by atoms with Gasteiger partial charge < -0.3 is 21.7 Å². The minimum atomic E-state index is -0.225. The van der Waals surface area contributed by atoms with Gasteiger partial charge in [-0.1, -0.05) is 6.92 Å². The van der Waals surface area contributed by atoms with Crippen LogP contribution >= 0.6 is 0 Å². The van der Waals surface area contributed by atoms with Gasteiger partial charge in [0, 0.05) is 29.9 Å². The Kier molecular flexibility index (Phi) is 4.57. The molecule has 1 aliphatic rings. The fourth-order valence-electron chi connectivity index (χ4n) is 1.59. The minimum absolute atomic E-state index is 0.111. The van der Waals surface area contributed by atoms with E-state index in [1.807, 2.05) is 0 Å². The number of hydrogen-bond acceptors (Lipinski definition) is 3. The number of anilines is 2. The lowest BCUT2D eigenvalue weighted by Gasteiger charge is -2.11. The van der Waals surface area contributed by atoms with Crippen molar-refractivity contribution in [3.8, 4) is 0 Å². The second-order valence-electron chi connectivity index (χ2n) is 5.08. The average molecular weight is 276 g/mol. The van der Waals surface area contributed by atoms with Gasteiger partial charge >= 0.3 is 6.03 Å². The third-order valence-electron chi connectivity index (χ3n) is 3.12. The summed E-state index contributed by atoms with van der Waals surface area (Å²) in [6, 6.07) is 7.11. The van der Waals surface area contributed by atoms with Gasteiger partial charge in [0.05, 0.1) is 0 Å². The molecule has 5 N–H and O–H groups in total. The summed E-state index contributed by atoms with van der Waals surface area (Å²) in [4.78, 5) is 23.2. The number of carbonyl (C=O) groups excluding carboxylic acids is 2. The highest BCUT2D eigenvalue weighted by atomic mass is 16.2. The normalized spacial score (nSPS) is 15.3. The molecule has 1 aliphatic carbocycles. The summed E-state index contributed by atoms with van der Waals surface area (Å²) in [6.45, 7) is 2.08. The third-order valence-corrected chi connectivity index (χ3v) is 3.12. The van der Waals surface area contributed by atoms with Crippen LogP contribution < -0.4 is 21.7 Å². The second-order valence-corrected chi connectivity index (χ2v) is 5.08. The lowest BCUT2D eigenvalue weighted by Crippen LogP contribution is -2.30. The molecule has 0 spiro atoms. The molecule has 0 saturated heterocycles. The minimum Gasteiger partial charge on any atom is -0.335 e. The highest BCUT2D eigenvalue weighted by molar-refractivity contribution is 5.93. The van der Waals surface area contributed by atoms with E-state index in [9.17, 15) is 9.59 Å². The van der Waals surface area contributed by atoms with Crippen molar-refractivity contribution in [2.24, 2.45) is 11.7 Å². The molecule has 1 saturated carbocycles. The molecule has 0 aliphatic heterocycles. The van der Waals surface area contributed by atoms with E-state index in [2.05, 4.69) is 16.0 Å². The first-order valence-corrected chi connectivity index (χ1v) is 6.77. The maximum Gasteiger partial charge on any atom is 0.319 e. The molecule has 1 atom stereocenters. The molecule has 0 bridgehead atoms. The van der Waals surface area contributed by atoms with Gasteiger partial charge in [-0.05, 0) is 37.1 Å². The quantitative estimate of drug-likeness (QED) is 0.656. The van der Waals surface area contributed by atoms with Crippen molar-refractivity contribution in [1.82, 2.24) is 5.32 Å². The van der Waals surface area contributed by atoms with Crippen LogP contribution in [0.25, 0.3) is 0 Å². The number of amides is 3. The monoisotopic (exact) mass is 276 g/mol. The third kappa shape index (κ3) is 4.24. The van der Waals surface area contributed by atoms with E-state index in [-0.39, 0.29) is 17.9 Å². The molecular formula is C14H20N4O2. The zero-order valence-corrected chi connectivity index (χ0v) is 11.5. The summed E-state index contributed by atoms with van der Waals surface area (Å²) in [5, 5.41) is 8.35. The summed E-state index contributed by atoms with van der Waals surface area (Å²) >= 11 is 0. The smallest absolute Gasteiger partial charge is 0.319 e. The highest BCUT2D eigenvalue weighted by Crippen LogP contribution is 2.19. The van der Waals surface area contributed by atoms with Crippen LogP contribution in [0.15, 0.2) is 24.3 Å². The lowest BCUT2D eigenvalue weighted by atomic mass is 10.1. The summed E-state index contributed by atoms with van der Waals surface area (Å²) in [6.07, 6.45) is 2.11. The van der Waals surface area contributed by atoms with Crippen molar-refractivity contribution in [3.05, 3.63) is 24.3 Å². The van der Waals surface area contributed by atoms with Crippen molar-refractivity contribution in [1.29, 1.82) is 0 Å². The number of carbonyl (C=O) groups is 2. The number of rotatable bonds is 5. The van der Waals surface area contributed by atoms with Crippen LogP contribution in [0.4, 0.5) is 16.2 Å². The largest absolute Gasteiger partial charge is 0.335 e. The predicted octanol–water partition coefficient (Wildman–Crippen LogP) is 1.50. The van der Waals surface area contributed by atoms with E-state index in [1.54, 1.807) is 31.2 Å². The molecule has 6 nitrogen and oxygen atoms in total. The number of benzene rings is 1. The van der Waals surface area contributed by atoms with Gasteiger partial charge in [0.1, 0.15) is 0 Å². The van der Waals surface area contributed by atoms with Gasteiger partial charge in [0.15, 0.2) is 0 Å². The molecular weight excluding hydrogens is 256 g/mol. The van der Waals surface area contributed by atoms with Crippen molar-refractivity contribution in [2.75, 3.05) is 17.2 Å². The summed E-state index contributed by atoms with van der Waals surface area (Å²) < 4.78 is 0. The summed E-state index contributed by atoms with van der Waals surface area (Å²) in [5.74, 6) is -0.336. The number of nitrogens with two attached hydrogens (primary N) is 1. The molecule has 0 heterocycles. The van der Waals surface area contributed by atoms with Gasteiger partial charge in [-0.15, -0.1) is 0 Å². The van der Waals surface area contributed by atoms with Crippen LogP contribution in [0, 0.1) is 5.92 Å². The maximum absolute atomic E-state index is 11.7. The fraction of sp³-hybridized carbons (Fsp3) is 0.429. The first-order chi connectivity index (χ1) is 9.58. The standard InChI is InChI=1S/C14H20N4O2/c1-9(8-15)13(19)16-10-2-4-11(5-3-10)17-14(20)18-12-6-7-12/h2-5,9,12H,6-8,15H2,1H3,(H,16,19)(H2,17,18,20).